The van der Waals surface area contributed by atoms with Crippen LogP contribution in [0.1, 0.15) is 5.69 Å². The molecule has 2 aromatic heterocycles. The summed E-state index contributed by atoms with van der Waals surface area (Å²) < 4.78 is 46.7. The molecule has 0 atom stereocenters. The van der Waals surface area contributed by atoms with Crippen LogP contribution in [0, 0.1) is 6.92 Å². The predicted octanol–water partition coefficient (Wildman–Crippen LogP) is 3.62. The van der Waals surface area contributed by atoms with Crippen molar-refractivity contribution < 1.29 is 22.6 Å². The van der Waals surface area contributed by atoms with Gasteiger partial charge in [-0.1, -0.05) is 11.3 Å². The summed E-state index contributed by atoms with van der Waals surface area (Å²) in [7, 11) is 0.612. The van der Waals surface area contributed by atoms with Crippen LogP contribution < -0.4 is 18.9 Å². The van der Waals surface area contributed by atoms with Gasteiger partial charge in [0.25, 0.3) is 10.0 Å². The first-order chi connectivity index (χ1) is 14.8. The van der Waals surface area contributed by atoms with Crippen molar-refractivity contribution >= 4 is 37.4 Å². The monoisotopic (exact) mass is 460 g/mol. The number of hydrogen-bond acceptors (Lipinski definition) is 8. The molecule has 0 amide bonds. The summed E-state index contributed by atoms with van der Waals surface area (Å²) in [5, 5.41) is 4.95. The van der Waals surface area contributed by atoms with Crippen molar-refractivity contribution in [1.82, 2.24) is 14.8 Å². The van der Waals surface area contributed by atoms with Crippen LogP contribution >= 0.6 is 11.3 Å². The summed E-state index contributed by atoms with van der Waals surface area (Å²) in [6, 6.07) is 11.6. The number of hydrogen-bond donors (Lipinski definition) is 1. The van der Waals surface area contributed by atoms with E-state index < -0.39 is 10.0 Å². The number of anilines is 1. The fourth-order valence-electron chi connectivity index (χ4n) is 3.01. The first-order valence-electron chi connectivity index (χ1n) is 9.11. The molecule has 0 saturated carbocycles. The van der Waals surface area contributed by atoms with Crippen molar-refractivity contribution in [3.8, 4) is 22.4 Å². The van der Waals surface area contributed by atoms with Crippen LogP contribution in [0.15, 0.2) is 47.4 Å². The highest BCUT2D eigenvalue weighted by Gasteiger charge is 2.21. The smallest absolute Gasteiger partial charge is 0.263 e. The standard InChI is InChI=1S/C20H20N4O5S2/c1-12-9-19(23-31(25,26)14-6-8-16(28-3)17(11-14)29-4)24(22-12)20-21-15-7-5-13(27-2)10-18(15)30-20/h5-11,23H,1-4H3. The number of benzene rings is 2. The van der Waals surface area contributed by atoms with Crippen LogP contribution in [0.3, 0.4) is 0 Å². The van der Waals surface area contributed by atoms with Crippen molar-refractivity contribution in [1.29, 1.82) is 0 Å². The summed E-state index contributed by atoms with van der Waals surface area (Å²) in [6.07, 6.45) is 0. The van der Waals surface area contributed by atoms with E-state index in [1.807, 2.05) is 18.2 Å². The Morgan fingerprint density at radius 1 is 0.968 bits per heavy atom. The predicted molar refractivity (Wildman–Crippen MR) is 118 cm³/mol. The summed E-state index contributed by atoms with van der Waals surface area (Å²) in [4.78, 5) is 4.61. The molecule has 4 rings (SSSR count). The molecule has 2 aromatic carbocycles. The highest BCUT2D eigenvalue weighted by atomic mass is 32.2. The van der Waals surface area contributed by atoms with Crippen molar-refractivity contribution in [3.63, 3.8) is 0 Å². The molecule has 1 N–H and O–H groups in total. The molecule has 31 heavy (non-hydrogen) atoms. The zero-order valence-corrected chi connectivity index (χ0v) is 18.9. The fraction of sp³-hybridized carbons (Fsp3) is 0.200. The third kappa shape index (κ3) is 4.01. The second kappa shape index (κ2) is 8.08. The maximum absolute atomic E-state index is 13.0. The Bertz CT molecular complexity index is 1360. The van der Waals surface area contributed by atoms with Gasteiger partial charge in [0.1, 0.15) is 11.6 Å². The molecule has 0 aliphatic carbocycles. The third-order valence-corrected chi connectivity index (χ3v) is 6.85. The first-order valence-corrected chi connectivity index (χ1v) is 11.4. The molecular weight excluding hydrogens is 440 g/mol. The molecule has 0 aliphatic heterocycles. The van der Waals surface area contributed by atoms with Gasteiger partial charge in [0.05, 0.1) is 42.1 Å². The normalized spacial score (nSPS) is 11.5. The lowest BCUT2D eigenvalue weighted by Gasteiger charge is -2.12. The lowest BCUT2D eigenvalue weighted by Crippen LogP contribution is -2.16. The molecule has 2 heterocycles. The maximum atomic E-state index is 13.0. The van der Waals surface area contributed by atoms with Crippen molar-refractivity contribution in [3.05, 3.63) is 48.2 Å². The average molecular weight is 461 g/mol. The van der Waals surface area contributed by atoms with Gasteiger partial charge < -0.3 is 14.2 Å². The summed E-state index contributed by atoms with van der Waals surface area (Å²) >= 11 is 1.38. The third-order valence-electron chi connectivity index (χ3n) is 4.50. The first kappa shape index (κ1) is 20.9. The minimum Gasteiger partial charge on any atom is -0.497 e. The molecule has 0 bridgehead atoms. The molecule has 0 aliphatic rings. The van der Waals surface area contributed by atoms with Gasteiger partial charge in [-0.15, -0.1) is 0 Å². The quantitative estimate of drug-likeness (QED) is 0.449. The molecule has 4 aromatic rings. The van der Waals surface area contributed by atoms with Crippen molar-refractivity contribution in [2.24, 2.45) is 0 Å². The van der Waals surface area contributed by atoms with E-state index in [0.29, 0.717) is 28.1 Å². The number of sulfonamides is 1. The lowest BCUT2D eigenvalue weighted by molar-refractivity contribution is 0.354. The van der Waals surface area contributed by atoms with Crippen molar-refractivity contribution in [2.75, 3.05) is 26.1 Å². The topological polar surface area (TPSA) is 105 Å². The van der Waals surface area contributed by atoms with Gasteiger partial charge in [-0.05, 0) is 37.3 Å². The summed E-state index contributed by atoms with van der Waals surface area (Å²) in [6.45, 7) is 1.78. The van der Waals surface area contributed by atoms with Crippen LogP contribution in [0.25, 0.3) is 15.3 Å². The number of fused-ring (bicyclic) bond motifs is 1. The van der Waals surface area contributed by atoms with Gasteiger partial charge >= 0.3 is 0 Å². The second-order valence-electron chi connectivity index (χ2n) is 6.54. The van der Waals surface area contributed by atoms with E-state index in [9.17, 15) is 8.42 Å². The Kier molecular flexibility index (Phi) is 5.46. The minimum absolute atomic E-state index is 0.0320. The molecule has 9 nitrogen and oxygen atoms in total. The number of aryl methyl sites for hydroxylation is 1. The second-order valence-corrected chi connectivity index (χ2v) is 9.23. The van der Waals surface area contributed by atoms with E-state index in [-0.39, 0.29) is 10.7 Å². The number of nitrogens with one attached hydrogen (secondary N) is 1. The van der Waals surface area contributed by atoms with Gasteiger partial charge in [0, 0.05) is 12.1 Å². The van der Waals surface area contributed by atoms with Crippen LogP contribution in [0.4, 0.5) is 5.82 Å². The molecule has 0 radical (unpaired) electrons. The summed E-state index contributed by atoms with van der Waals surface area (Å²) in [5.74, 6) is 1.74. The van der Waals surface area contributed by atoms with E-state index in [2.05, 4.69) is 14.8 Å². The maximum Gasteiger partial charge on any atom is 0.263 e. The van der Waals surface area contributed by atoms with Gasteiger partial charge in [0.15, 0.2) is 11.5 Å². The van der Waals surface area contributed by atoms with Gasteiger partial charge in [-0.2, -0.15) is 9.78 Å². The Morgan fingerprint density at radius 3 is 2.45 bits per heavy atom. The molecule has 162 valence electrons. The summed E-state index contributed by atoms with van der Waals surface area (Å²) in [5.41, 5.74) is 1.41. The average Bonchev–Trinajstić information content (AvgIpc) is 3.34. The number of methoxy groups -OCH3 is 3. The van der Waals surface area contributed by atoms with E-state index in [4.69, 9.17) is 14.2 Å². The Labute approximate surface area is 183 Å². The zero-order valence-electron chi connectivity index (χ0n) is 17.2. The number of aromatic nitrogens is 3. The van der Waals surface area contributed by atoms with Crippen molar-refractivity contribution in [2.45, 2.75) is 11.8 Å². The Hall–Kier alpha value is -3.31. The minimum atomic E-state index is -3.92. The number of ether oxygens (including phenoxy) is 3. The number of rotatable bonds is 7. The lowest BCUT2D eigenvalue weighted by atomic mass is 10.3. The fourth-order valence-corrected chi connectivity index (χ4v) is 5.02. The number of nitrogens with zero attached hydrogens (tertiary/aromatic N) is 3. The van der Waals surface area contributed by atoms with E-state index in [0.717, 1.165) is 10.2 Å². The number of thiazole rings is 1. The van der Waals surface area contributed by atoms with Crippen LogP contribution in [-0.2, 0) is 10.0 Å². The largest absolute Gasteiger partial charge is 0.497 e. The SMILES string of the molecule is COc1ccc2nc(-n3nc(C)cc3NS(=O)(=O)c3ccc(OC)c(OC)c3)sc2c1. The zero-order chi connectivity index (χ0) is 22.2. The van der Waals surface area contributed by atoms with Gasteiger partial charge in [-0.3, -0.25) is 4.72 Å². The molecular formula is C20H20N4O5S2. The van der Waals surface area contributed by atoms with E-state index >= 15 is 0 Å². The van der Waals surface area contributed by atoms with Gasteiger partial charge in [0.2, 0.25) is 5.13 Å². The molecule has 11 heteroatoms. The van der Waals surface area contributed by atoms with Crippen LogP contribution in [0.2, 0.25) is 0 Å². The van der Waals surface area contributed by atoms with E-state index in [1.54, 1.807) is 20.1 Å². The highest BCUT2D eigenvalue weighted by molar-refractivity contribution is 7.92. The molecule has 0 saturated heterocycles. The Morgan fingerprint density at radius 2 is 1.74 bits per heavy atom. The van der Waals surface area contributed by atoms with Gasteiger partial charge in [-0.25, -0.2) is 13.4 Å². The Balaban J connectivity index is 1.72. The van der Waals surface area contributed by atoms with E-state index in [1.165, 1.54) is 48.4 Å². The highest BCUT2D eigenvalue weighted by Crippen LogP contribution is 2.32. The van der Waals surface area contributed by atoms with Crippen LogP contribution in [-0.4, -0.2) is 44.5 Å². The molecule has 0 spiro atoms. The molecule has 0 fully saturated rings. The van der Waals surface area contributed by atoms with Crippen LogP contribution in [0.5, 0.6) is 17.2 Å². The molecule has 0 unspecified atom stereocenters.